The highest BCUT2D eigenvalue weighted by molar-refractivity contribution is 6.08. The largest absolute Gasteiger partial charge is 0.377 e. The van der Waals surface area contributed by atoms with Gasteiger partial charge in [-0.05, 0) is 69.1 Å². The Morgan fingerprint density at radius 1 is 0.968 bits per heavy atom. The lowest BCUT2D eigenvalue weighted by molar-refractivity contribution is -0.135. The normalized spacial score (nSPS) is 24.6. The number of fused-ring (bicyclic) bond motifs is 4. The fourth-order valence-electron chi connectivity index (χ4n) is 10.3. The molecule has 1 aromatic carbocycles. The minimum Gasteiger partial charge on any atom is -0.377 e. The van der Waals surface area contributed by atoms with Crippen LogP contribution in [0, 0.1) is 17.8 Å². The number of carbonyl (C=O) groups is 3. The van der Waals surface area contributed by atoms with Crippen molar-refractivity contribution in [1.29, 1.82) is 0 Å². The average molecular weight is 865 g/mol. The van der Waals surface area contributed by atoms with Crippen LogP contribution >= 0.6 is 0 Å². The molecule has 5 aliphatic rings. The van der Waals surface area contributed by atoms with E-state index in [9.17, 15) is 28.0 Å². The van der Waals surface area contributed by atoms with Gasteiger partial charge in [-0.1, -0.05) is 17.9 Å². The summed E-state index contributed by atoms with van der Waals surface area (Å²) in [6, 6.07) is 7.07. The van der Waals surface area contributed by atoms with Crippen molar-refractivity contribution in [3.05, 3.63) is 70.2 Å². The number of imidazole rings is 1. The molecule has 2 bridgehead atoms. The van der Waals surface area contributed by atoms with E-state index in [-0.39, 0.29) is 53.8 Å². The standard InChI is InChI=1S/C44H50F2N12O5/c1-52-39-28(4-2-6-34(39)58(44(52)62)35-13-14-37(59)50-43(35)61)5-3-16-53-18-20-54(21-19-53)23-27-7-9-29(10-8-27)56-24-33(38(51-56)40(45)46)48-42(60)32-22-47-55-17-15-36(49-41(32)55)57-30-11-12-31(57)26-63-25-30/h2,4,6,15,17,22,24,27,29-31,35,40H,7-14,16,18-21,23,25-26H2,1H3,(H,48,60)(H,50,59,61). The van der Waals surface area contributed by atoms with Gasteiger partial charge in [0.15, 0.2) is 11.3 Å². The molecule has 19 heteroatoms. The molecule has 3 atom stereocenters. The predicted octanol–water partition coefficient (Wildman–Crippen LogP) is 3.52. The Labute approximate surface area is 361 Å². The molecule has 8 heterocycles. The number of piperidine rings is 1. The Morgan fingerprint density at radius 3 is 2.46 bits per heavy atom. The molecule has 0 spiro atoms. The number of aromatic nitrogens is 7. The van der Waals surface area contributed by atoms with Gasteiger partial charge in [0.05, 0.1) is 66.4 Å². The molecule has 4 aliphatic heterocycles. The van der Waals surface area contributed by atoms with Crippen LogP contribution in [-0.2, 0) is 21.4 Å². The Morgan fingerprint density at radius 2 is 1.71 bits per heavy atom. The Kier molecular flexibility index (Phi) is 11.1. The second kappa shape index (κ2) is 17.0. The molecular formula is C44H50F2N12O5. The summed E-state index contributed by atoms with van der Waals surface area (Å²) >= 11 is 0. The fraction of sp³-hybridized carbons (Fsp3) is 0.523. The molecule has 1 saturated carbocycles. The quantitative estimate of drug-likeness (QED) is 0.164. The fourth-order valence-corrected chi connectivity index (χ4v) is 10.3. The zero-order valence-corrected chi connectivity index (χ0v) is 35.1. The highest BCUT2D eigenvalue weighted by atomic mass is 19.3. The second-order valence-electron chi connectivity index (χ2n) is 17.5. The number of amides is 3. The number of piperazine rings is 1. The van der Waals surface area contributed by atoms with Gasteiger partial charge in [-0.2, -0.15) is 10.2 Å². The molecule has 4 aromatic heterocycles. The molecule has 1 aliphatic carbocycles. The first kappa shape index (κ1) is 41.1. The lowest BCUT2D eigenvalue weighted by atomic mass is 9.85. The van der Waals surface area contributed by atoms with Gasteiger partial charge >= 0.3 is 5.69 Å². The summed E-state index contributed by atoms with van der Waals surface area (Å²) in [4.78, 5) is 63.1. The van der Waals surface area contributed by atoms with Gasteiger partial charge in [-0.3, -0.25) is 38.4 Å². The summed E-state index contributed by atoms with van der Waals surface area (Å²) in [6.07, 6.45) is 7.85. The van der Waals surface area contributed by atoms with Crippen LogP contribution in [0.3, 0.4) is 0 Å². The number of hydrogen-bond donors (Lipinski definition) is 2. The van der Waals surface area contributed by atoms with E-state index in [1.54, 1.807) is 24.1 Å². The monoisotopic (exact) mass is 864 g/mol. The molecule has 10 rings (SSSR count). The molecule has 5 aromatic rings. The number of halogens is 2. The second-order valence-corrected chi connectivity index (χ2v) is 17.5. The van der Waals surface area contributed by atoms with Crippen LogP contribution in [0.1, 0.15) is 91.5 Å². The summed E-state index contributed by atoms with van der Waals surface area (Å²) in [5, 5.41) is 13.7. The number of hydrogen-bond acceptors (Lipinski definition) is 11. The molecule has 4 saturated heterocycles. The number of morpholine rings is 1. The number of para-hydroxylation sites is 1. The minimum absolute atomic E-state index is 0.00653. The van der Waals surface area contributed by atoms with Crippen molar-refractivity contribution < 1.29 is 27.9 Å². The average Bonchev–Trinajstić information content (AvgIpc) is 4.03. The molecule has 3 amide bonds. The zero-order chi connectivity index (χ0) is 43.4. The van der Waals surface area contributed by atoms with Gasteiger partial charge in [-0.25, -0.2) is 23.1 Å². The van der Waals surface area contributed by atoms with E-state index in [0.29, 0.717) is 47.9 Å². The maximum absolute atomic E-state index is 14.3. The maximum Gasteiger partial charge on any atom is 0.329 e. The number of alkyl halides is 2. The third kappa shape index (κ3) is 7.88. The number of benzene rings is 1. The van der Waals surface area contributed by atoms with Gasteiger partial charge in [0, 0.05) is 58.6 Å². The predicted molar refractivity (Wildman–Crippen MR) is 228 cm³/mol. The first-order valence-electron chi connectivity index (χ1n) is 22.0. The van der Waals surface area contributed by atoms with E-state index in [1.807, 2.05) is 24.3 Å². The van der Waals surface area contributed by atoms with Gasteiger partial charge in [0.1, 0.15) is 17.4 Å². The lowest BCUT2D eigenvalue weighted by Crippen LogP contribution is -2.48. The van der Waals surface area contributed by atoms with E-state index in [4.69, 9.17) is 9.72 Å². The van der Waals surface area contributed by atoms with Crippen LogP contribution in [0.4, 0.5) is 20.3 Å². The van der Waals surface area contributed by atoms with Crippen LogP contribution in [0.15, 0.2) is 47.7 Å². The molecule has 3 unspecified atom stereocenters. The smallest absolute Gasteiger partial charge is 0.329 e. The lowest BCUT2D eigenvalue weighted by Gasteiger charge is -2.37. The number of imide groups is 1. The van der Waals surface area contributed by atoms with Gasteiger partial charge < -0.3 is 19.9 Å². The first-order chi connectivity index (χ1) is 30.6. The maximum atomic E-state index is 14.3. The van der Waals surface area contributed by atoms with Crippen molar-refractivity contribution in [2.24, 2.45) is 13.0 Å². The van der Waals surface area contributed by atoms with Crippen molar-refractivity contribution in [3.63, 3.8) is 0 Å². The molecule has 63 heavy (non-hydrogen) atoms. The Hall–Kier alpha value is -5.97. The van der Waals surface area contributed by atoms with Crippen molar-refractivity contribution >= 4 is 45.9 Å². The van der Waals surface area contributed by atoms with Crippen LogP contribution < -0.4 is 21.2 Å². The Bertz CT molecular complexity index is 2680. The van der Waals surface area contributed by atoms with E-state index in [0.717, 1.165) is 77.1 Å². The summed E-state index contributed by atoms with van der Waals surface area (Å²) in [5.41, 5.74) is 1.77. The van der Waals surface area contributed by atoms with Gasteiger partial charge in [-0.15, -0.1) is 0 Å². The highest BCUT2D eigenvalue weighted by Crippen LogP contribution is 2.36. The number of anilines is 2. The first-order valence-corrected chi connectivity index (χ1v) is 22.0. The van der Waals surface area contributed by atoms with Gasteiger partial charge in [0.25, 0.3) is 12.3 Å². The molecule has 0 radical (unpaired) electrons. The summed E-state index contributed by atoms with van der Waals surface area (Å²) in [5.74, 6) is 6.44. The van der Waals surface area contributed by atoms with E-state index in [1.165, 1.54) is 19.8 Å². The molecular weight excluding hydrogens is 815 g/mol. The van der Waals surface area contributed by atoms with Crippen LogP contribution in [0.2, 0.25) is 0 Å². The van der Waals surface area contributed by atoms with Crippen LogP contribution in [0.5, 0.6) is 0 Å². The number of nitrogens with zero attached hydrogens (tertiary/aromatic N) is 10. The Balaban J connectivity index is 0.721. The topological polar surface area (TPSA) is 169 Å². The number of aryl methyl sites for hydroxylation is 1. The third-order valence-electron chi connectivity index (χ3n) is 13.6. The molecule has 5 fully saturated rings. The molecule has 2 N–H and O–H groups in total. The number of ether oxygens (including phenoxy) is 1. The van der Waals surface area contributed by atoms with Crippen molar-refractivity contribution in [3.8, 4) is 11.8 Å². The van der Waals surface area contributed by atoms with E-state index >= 15 is 0 Å². The highest BCUT2D eigenvalue weighted by Gasteiger charge is 2.39. The van der Waals surface area contributed by atoms with Crippen molar-refractivity contribution in [2.45, 2.75) is 82.0 Å². The van der Waals surface area contributed by atoms with Crippen LogP contribution in [0.25, 0.3) is 16.7 Å². The summed E-state index contributed by atoms with van der Waals surface area (Å²) in [7, 11) is 1.68. The van der Waals surface area contributed by atoms with Crippen molar-refractivity contribution in [1.82, 2.24) is 48.6 Å². The molecule has 330 valence electrons. The van der Waals surface area contributed by atoms with Crippen LogP contribution in [-0.4, -0.2) is 126 Å². The summed E-state index contributed by atoms with van der Waals surface area (Å²) in [6.45, 7) is 6.40. The van der Waals surface area contributed by atoms with E-state index < -0.39 is 30.0 Å². The number of rotatable bonds is 9. The molecule has 17 nitrogen and oxygen atoms in total. The SMILES string of the molecule is Cn1c(=O)n(C2CCC(=O)NC2=O)c2cccc(C#CCN3CCN(CC4CCC(n5cc(NC(=O)c6cnn7ccc(N8C9CCC8COC9)nc67)c(C(F)F)n5)CC4)CC3)c21. The number of nitrogens with one attached hydrogen (secondary N) is 2. The summed E-state index contributed by atoms with van der Waals surface area (Å²) < 4.78 is 40.5. The number of carbonyl (C=O) groups excluding carboxylic acids is 3. The van der Waals surface area contributed by atoms with E-state index in [2.05, 4.69) is 47.4 Å². The van der Waals surface area contributed by atoms with Gasteiger partial charge in [0.2, 0.25) is 11.8 Å². The van der Waals surface area contributed by atoms with Crippen molar-refractivity contribution in [2.75, 3.05) is 62.7 Å². The third-order valence-corrected chi connectivity index (χ3v) is 13.6. The minimum atomic E-state index is -2.86. The zero-order valence-electron chi connectivity index (χ0n) is 35.1.